The molecule has 1 heterocycles. The van der Waals surface area contributed by atoms with Crippen molar-refractivity contribution >= 4 is 22.8 Å². The van der Waals surface area contributed by atoms with Gasteiger partial charge in [0.25, 0.3) is 0 Å². The third kappa shape index (κ3) is 3.26. The van der Waals surface area contributed by atoms with Gasteiger partial charge in [-0.2, -0.15) is 0 Å². The van der Waals surface area contributed by atoms with E-state index in [0.29, 0.717) is 23.8 Å². The summed E-state index contributed by atoms with van der Waals surface area (Å²) in [6.07, 6.45) is 1.14. The molecule has 0 radical (unpaired) electrons. The Hall–Kier alpha value is -3.02. The molecule has 1 aromatic heterocycles. The van der Waals surface area contributed by atoms with Gasteiger partial charge in [0.1, 0.15) is 11.5 Å². The fourth-order valence-electron chi connectivity index (χ4n) is 2.27. The van der Waals surface area contributed by atoms with Crippen molar-refractivity contribution in [3.8, 4) is 11.5 Å². The van der Waals surface area contributed by atoms with Crippen molar-refractivity contribution in [3.05, 3.63) is 48.8 Å². The van der Waals surface area contributed by atoms with Crippen LogP contribution in [0.4, 0.5) is 10.5 Å². The van der Waals surface area contributed by atoms with E-state index in [1.165, 1.54) is 0 Å². The minimum absolute atomic E-state index is 0.433. The van der Waals surface area contributed by atoms with Gasteiger partial charge in [-0.05, 0) is 31.2 Å². The zero-order valence-corrected chi connectivity index (χ0v) is 12.9. The number of benzene rings is 2. The first-order valence-corrected chi connectivity index (χ1v) is 7.29. The van der Waals surface area contributed by atoms with Gasteiger partial charge in [0.15, 0.2) is 0 Å². The molecular weight excluding hydrogens is 294 g/mol. The largest absolute Gasteiger partial charge is 0.492 e. The molecule has 6 nitrogen and oxygen atoms in total. The van der Waals surface area contributed by atoms with Gasteiger partial charge in [-0.1, -0.05) is 12.1 Å². The maximum absolute atomic E-state index is 12.1. The monoisotopic (exact) mass is 311 g/mol. The Kier molecular flexibility index (Phi) is 4.14. The number of aryl methyl sites for hydroxylation is 1. The number of carbonyl (C=O) groups excluding carboxylic acids is 1. The summed E-state index contributed by atoms with van der Waals surface area (Å²) in [7, 11) is 1.91. The van der Waals surface area contributed by atoms with Crippen LogP contribution in [0.5, 0.6) is 11.5 Å². The summed E-state index contributed by atoms with van der Waals surface area (Å²) >= 11 is 0. The smallest absolute Gasteiger partial charge is 0.417 e. The molecule has 0 unspecified atom stereocenters. The zero-order valence-electron chi connectivity index (χ0n) is 12.9. The van der Waals surface area contributed by atoms with Gasteiger partial charge in [-0.15, -0.1) is 0 Å². The highest BCUT2D eigenvalue weighted by Crippen LogP contribution is 2.24. The van der Waals surface area contributed by atoms with Gasteiger partial charge in [-0.3, -0.25) is 5.32 Å². The number of carbonyl (C=O) groups is 1. The number of imidazole rings is 1. The van der Waals surface area contributed by atoms with Crippen molar-refractivity contribution in [1.82, 2.24) is 9.55 Å². The van der Waals surface area contributed by atoms with Crippen LogP contribution in [0.2, 0.25) is 0 Å². The van der Waals surface area contributed by atoms with Crippen molar-refractivity contribution in [2.45, 2.75) is 6.92 Å². The molecule has 0 saturated heterocycles. The summed E-state index contributed by atoms with van der Waals surface area (Å²) in [5.74, 6) is 1.04. The normalized spacial score (nSPS) is 10.5. The van der Waals surface area contributed by atoms with Crippen LogP contribution in [0.25, 0.3) is 11.0 Å². The van der Waals surface area contributed by atoms with E-state index in [1.807, 2.05) is 36.7 Å². The SMILES string of the molecule is CCOc1ccccc1NC(=O)Oc1ccc2c(c1)ncn2C. The summed E-state index contributed by atoms with van der Waals surface area (Å²) in [4.78, 5) is 16.3. The second kappa shape index (κ2) is 6.39. The summed E-state index contributed by atoms with van der Waals surface area (Å²) in [5.41, 5.74) is 2.31. The summed E-state index contributed by atoms with van der Waals surface area (Å²) in [6.45, 7) is 2.40. The highest BCUT2D eigenvalue weighted by Gasteiger charge is 2.10. The number of hydrogen-bond acceptors (Lipinski definition) is 4. The van der Waals surface area contributed by atoms with Crippen molar-refractivity contribution in [1.29, 1.82) is 0 Å². The Morgan fingerprint density at radius 2 is 2.09 bits per heavy atom. The lowest BCUT2D eigenvalue weighted by Gasteiger charge is -2.11. The minimum atomic E-state index is -0.576. The molecule has 3 rings (SSSR count). The van der Waals surface area contributed by atoms with Crippen molar-refractivity contribution in [3.63, 3.8) is 0 Å². The summed E-state index contributed by atoms with van der Waals surface area (Å²) in [6, 6.07) is 12.5. The topological polar surface area (TPSA) is 65.4 Å². The maximum atomic E-state index is 12.1. The molecular formula is C17H17N3O3. The van der Waals surface area contributed by atoms with E-state index in [-0.39, 0.29) is 0 Å². The molecule has 0 spiro atoms. The lowest BCUT2D eigenvalue weighted by atomic mass is 10.3. The Labute approximate surface area is 133 Å². The van der Waals surface area contributed by atoms with Gasteiger partial charge in [0, 0.05) is 13.1 Å². The molecule has 3 aromatic rings. The first kappa shape index (κ1) is 14.9. The third-order valence-electron chi connectivity index (χ3n) is 3.33. The van der Waals surface area contributed by atoms with Crippen LogP contribution >= 0.6 is 0 Å². The van der Waals surface area contributed by atoms with Gasteiger partial charge < -0.3 is 14.0 Å². The quantitative estimate of drug-likeness (QED) is 0.800. The number of hydrogen-bond donors (Lipinski definition) is 1. The minimum Gasteiger partial charge on any atom is -0.492 e. The molecule has 118 valence electrons. The van der Waals surface area contributed by atoms with Crippen molar-refractivity contribution < 1.29 is 14.3 Å². The Bertz CT molecular complexity index is 842. The van der Waals surface area contributed by atoms with Gasteiger partial charge in [-0.25, -0.2) is 9.78 Å². The predicted molar refractivity (Wildman–Crippen MR) is 88.0 cm³/mol. The number of para-hydroxylation sites is 2. The number of anilines is 1. The second-order valence-electron chi connectivity index (χ2n) is 4.95. The molecule has 6 heteroatoms. The van der Waals surface area contributed by atoms with E-state index in [4.69, 9.17) is 9.47 Å². The number of rotatable bonds is 4. The molecule has 0 atom stereocenters. The molecule has 2 aromatic carbocycles. The molecule has 0 fully saturated rings. The van der Waals surface area contributed by atoms with E-state index >= 15 is 0 Å². The fraction of sp³-hybridized carbons (Fsp3) is 0.176. The average molecular weight is 311 g/mol. The van der Waals surface area contributed by atoms with Gasteiger partial charge in [0.05, 0.1) is 29.7 Å². The van der Waals surface area contributed by atoms with Crippen LogP contribution in [-0.2, 0) is 7.05 Å². The van der Waals surface area contributed by atoms with Crippen LogP contribution in [0.3, 0.4) is 0 Å². The average Bonchev–Trinajstić information content (AvgIpc) is 2.90. The summed E-state index contributed by atoms with van der Waals surface area (Å²) < 4.78 is 12.7. The molecule has 0 aliphatic carbocycles. The highest BCUT2D eigenvalue weighted by molar-refractivity contribution is 5.88. The van der Waals surface area contributed by atoms with Crippen LogP contribution in [0, 0.1) is 0 Å². The molecule has 23 heavy (non-hydrogen) atoms. The third-order valence-corrected chi connectivity index (χ3v) is 3.33. The molecule has 0 bridgehead atoms. The predicted octanol–water partition coefficient (Wildman–Crippen LogP) is 3.58. The number of amides is 1. The zero-order chi connectivity index (χ0) is 16.2. The molecule has 0 aliphatic heterocycles. The van der Waals surface area contributed by atoms with Crippen LogP contribution in [0.1, 0.15) is 6.92 Å². The number of fused-ring (bicyclic) bond motifs is 1. The first-order valence-electron chi connectivity index (χ1n) is 7.29. The number of nitrogens with zero attached hydrogens (tertiary/aromatic N) is 2. The van der Waals surface area contributed by atoms with Crippen molar-refractivity contribution in [2.75, 3.05) is 11.9 Å². The summed E-state index contributed by atoms with van der Waals surface area (Å²) in [5, 5.41) is 2.69. The number of nitrogens with one attached hydrogen (secondary N) is 1. The molecule has 1 N–H and O–H groups in total. The fourth-order valence-corrected chi connectivity index (χ4v) is 2.27. The number of ether oxygens (including phenoxy) is 2. The Morgan fingerprint density at radius 1 is 1.26 bits per heavy atom. The van der Waals surface area contributed by atoms with E-state index in [1.54, 1.807) is 30.6 Å². The lowest BCUT2D eigenvalue weighted by molar-refractivity contribution is 0.215. The Morgan fingerprint density at radius 3 is 2.91 bits per heavy atom. The molecule has 1 amide bonds. The van der Waals surface area contributed by atoms with Gasteiger partial charge in [0.2, 0.25) is 0 Å². The van der Waals surface area contributed by atoms with E-state index in [9.17, 15) is 4.79 Å². The van der Waals surface area contributed by atoms with E-state index < -0.39 is 6.09 Å². The van der Waals surface area contributed by atoms with E-state index in [0.717, 1.165) is 11.0 Å². The van der Waals surface area contributed by atoms with Crippen LogP contribution in [0.15, 0.2) is 48.8 Å². The van der Waals surface area contributed by atoms with Crippen LogP contribution in [-0.4, -0.2) is 22.3 Å². The number of aromatic nitrogens is 2. The van der Waals surface area contributed by atoms with E-state index in [2.05, 4.69) is 10.3 Å². The first-order chi connectivity index (χ1) is 11.2. The highest BCUT2D eigenvalue weighted by atomic mass is 16.6. The van der Waals surface area contributed by atoms with Crippen molar-refractivity contribution in [2.24, 2.45) is 7.05 Å². The lowest BCUT2D eigenvalue weighted by Crippen LogP contribution is -2.17. The standard InChI is InChI=1S/C17H17N3O3/c1-3-22-16-7-5-4-6-13(16)19-17(21)23-12-8-9-15-14(10-12)18-11-20(15)2/h4-11H,3H2,1-2H3,(H,19,21). The molecule has 0 aliphatic rings. The Balaban J connectivity index is 1.73. The molecule has 0 saturated carbocycles. The van der Waals surface area contributed by atoms with Gasteiger partial charge >= 0.3 is 6.09 Å². The van der Waals surface area contributed by atoms with Crippen LogP contribution < -0.4 is 14.8 Å². The second-order valence-corrected chi connectivity index (χ2v) is 4.95. The maximum Gasteiger partial charge on any atom is 0.417 e.